The number of hydrogen-bond acceptors (Lipinski definition) is 6. The van der Waals surface area contributed by atoms with Crippen molar-refractivity contribution in [2.24, 2.45) is 5.10 Å². The van der Waals surface area contributed by atoms with E-state index in [9.17, 15) is 23.1 Å². The fourth-order valence-corrected chi connectivity index (χ4v) is 3.35. The number of thiophene rings is 1. The molecule has 0 unspecified atom stereocenters. The zero-order valence-electron chi connectivity index (χ0n) is 15.0. The zero-order valence-corrected chi connectivity index (χ0v) is 15.8. The minimum atomic E-state index is -4.69. The van der Waals surface area contributed by atoms with Crippen molar-refractivity contribution in [3.63, 3.8) is 0 Å². The van der Waals surface area contributed by atoms with Gasteiger partial charge in [-0.15, -0.1) is 11.3 Å². The van der Waals surface area contributed by atoms with Crippen LogP contribution in [0.25, 0.3) is 16.2 Å². The molecule has 30 heavy (non-hydrogen) atoms. The number of fused-ring (bicyclic) bond motifs is 1. The van der Waals surface area contributed by atoms with Crippen LogP contribution in [0.5, 0.6) is 5.75 Å². The molecule has 11 heteroatoms. The molecule has 0 fully saturated rings. The van der Waals surface area contributed by atoms with Crippen LogP contribution in [0.15, 0.2) is 59.0 Å². The summed E-state index contributed by atoms with van der Waals surface area (Å²) in [5, 5.41) is 18.6. The molecule has 1 amide bonds. The number of phenols is 1. The smallest absolute Gasteiger partial charge is 0.433 e. The molecule has 0 aliphatic rings. The molecule has 0 aliphatic carbocycles. The first-order valence-electron chi connectivity index (χ1n) is 8.45. The number of hydrogen-bond donors (Lipinski definition) is 2. The summed E-state index contributed by atoms with van der Waals surface area (Å²) < 4.78 is 41.2. The lowest BCUT2D eigenvalue weighted by Crippen LogP contribution is -2.19. The monoisotopic (exact) mass is 431 g/mol. The van der Waals surface area contributed by atoms with Crippen LogP contribution < -0.4 is 5.43 Å². The highest BCUT2D eigenvalue weighted by atomic mass is 32.1. The molecule has 152 valence electrons. The van der Waals surface area contributed by atoms with E-state index in [1.807, 2.05) is 0 Å². The Morgan fingerprint density at radius 1 is 1.20 bits per heavy atom. The molecular weight excluding hydrogens is 419 g/mol. The number of phenolic OH excluding ortho intramolecular Hbond substituents is 1. The molecule has 0 aliphatic heterocycles. The van der Waals surface area contributed by atoms with Gasteiger partial charge in [0.25, 0.3) is 5.91 Å². The molecule has 0 atom stereocenters. The molecule has 7 nitrogen and oxygen atoms in total. The number of nitrogens with one attached hydrogen (secondary N) is 1. The number of nitrogens with zero attached hydrogens (tertiary/aromatic N) is 4. The first kappa shape index (κ1) is 19.6. The van der Waals surface area contributed by atoms with E-state index in [-0.39, 0.29) is 22.8 Å². The van der Waals surface area contributed by atoms with Gasteiger partial charge in [-0.25, -0.2) is 14.9 Å². The van der Waals surface area contributed by atoms with Crippen molar-refractivity contribution >= 4 is 29.1 Å². The fraction of sp³-hybridized carbons (Fsp3) is 0.0526. The lowest BCUT2D eigenvalue weighted by atomic mass is 10.2. The molecule has 3 heterocycles. The molecule has 4 aromatic rings. The summed E-state index contributed by atoms with van der Waals surface area (Å²) in [5.74, 6) is -0.777. The molecule has 0 saturated carbocycles. The van der Waals surface area contributed by atoms with Crippen LogP contribution >= 0.6 is 11.3 Å². The van der Waals surface area contributed by atoms with Gasteiger partial charge >= 0.3 is 6.18 Å². The molecule has 1 aromatic carbocycles. The summed E-state index contributed by atoms with van der Waals surface area (Å²) in [7, 11) is 0. The average Bonchev–Trinajstić information content (AvgIpc) is 3.36. The number of hydrazone groups is 1. The van der Waals surface area contributed by atoms with Gasteiger partial charge in [-0.1, -0.05) is 18.2 Å². The number of carbonyl (C=O) groups excluding carboxylic acids is 1. The first-order valence-corrected chi connectivity index (χ1v) is 9.33. The predicted octanol–water partition coefficient (Wildman–Crippen LogP) is 3.95. The third-order valence-electron chi connectivity index (χ3n) is 3.97. The third kappa shape index (κ3) is 4.01. The Morgan fingerprint density at radius 2 is 2.03 bits per heavy atom. The van der Waals surface area contributed by atoms with Crippen molar-refractivity contribution in [3.05, 3.63) is 70.9 Å². The van der Waals surface area contributed by atoms with Gasteiger partial charge in [0.2, 0.25) is 0 Å². The number of amides is 1. The molecule has 0 saturated heterocycles. The van der Waals surface area contributed by atoms with Gasteiger partial charge in [-0.3, -0.25) is 4.79 Å². The second-order valence-corrected chi connectivity index (χ2v) is 7.04. The number of rotatable bonds is 4. The zero-order chi connectivity index (χ0) is 21.3. The van der Waals surface area contributed by atoms with Crippen LogP contribution in [0.1, 0.15) is 21.7 Å². The van der Waals surface area contributed by atoms with E-state index < -0.39 is 17.8 Å². The van der Waals surface area contributed by atoms with Crippen LogP contribution in [0.4, 0.5) is 13.2 Å². The largest absolute Gasteiger partial charge is 0.508 e. The van der Waals surface area contributed by atoms with E-state index in [0.29, 0.717) is 15.0 Å². The van der Waals surface area contributed by atoms with Crippen LogP contribution in [-0.4, -0.2) is 31.8 Å². The number of aromatic nitrogens is 3. The van der Waals surface area contributed by atoms with Crippen molar-refractivity contribution in [1.82, 2.24) is 20.0 Å². The average molecular weight is 431 g/mol. The molecule has 3 aromatic heterocycles. The van der Waals surface area contributed by atoms with Crippen molar-refractivity contribution < 1.29 is 23.1 Å². The lowest BCUT2D eigenvalue weighted by molar-refractivity contribution is -0.142. The fourth-order valence-electron chi connectivity index (χ4n) is 2.67. The lowest BCUT2D eigenvalue weighted by Gasteiger charge is -2.10. The van der Waals surface area contributed by atoms with E-state index in [1.165, 1.54) is 29.7 Å². The van der Waals surface area contributed by atoms with Crippen LogP contribution in [-0.2, 0) is 6.18 Å². The van der Waals surface area contributed by atoms with Gasteiger partial charge in [-0.05, 0) is 35.2 Å². The quantitative estimate of drug-likeness (QED) is 0.378. The second-order valence-electron chi connectivity index (χ2n) is 6.10. The van der Waals surface area contributed by atoms with Crippen molar-refractivity contribution in [1.29, 1.82) is 0 Å². The van der Waals surface area contributed by atoms with Crippen LogP contribution in [0.3, 0.4) is 0 Å². The SMILES string of the molecule is O=C(N/N=C\c1cccc(O)c1)c1cc2nc(-c3cccs3)cc(C(F)(F)F)n2n1. The summed E-state index contributed by atoms with van der Waals surface area (Å²) in [4.78, 5) is 17.0. The Kier molecular flexibility index (Phi) is 4.96. The van der Waals surface area contributed by atoms with Crippen LogP contribution in [0.2, 0.25) is 0 Å². The Morgan fingerprint density at radius 3 is 2.73 bits per heavy atom. The van der Waals surface area contributed by atoms with E-state index >= 15 is 0 Å². The van der Waals surface area contributed by atoms with Gasteiger partial charge < -0.3 is 5.11 Å². The van der Waals surface area contributed by atoms with E-state index in [1.54, 1.807) is 29.6 Å². The Balaban J connectivity index is 1.66. The van der Waals surface area contributed by atoms with Gasteiger partial charge in [0.15, 0.2) is 17.0 Å². The van der Waals surface area contributed by atoms with Crippen LogP contribution in [0, 0.1) is 0 Å². The Bertz CT molecular complexity index is 1250. The maximum absolute atomic E-state index is 13.5. The Hall–Kier alpha value is -3.73. The molecule has 2 N–H and O–H groups in total. The van der Waals surface area contributed by atoms with Gasteiger partial charge in [0.1, 0.15) is 5.75 Å². The molecular formula is C19H12F3N5O2S. The van der Waals surface area contributed by atoms with E-state index in [0.717, 1.165) is 12.1 Å². The molecule has 0 spiro atoms. The minimum absolute atomic E-state index is 0.0259. The van der Waals surface area contributed by atoms with Crippen molar-refractivity contribution in [2.75, 3.05) is 0 Å². The summed E-state index contributed by atoms with van der Waals surface area (Å²) in [6.45, 7) is 0. The maximum atomic E-state index is 13.5. The van der Waals surface area contributed by atoms with E-state index in [4.69, 9.17) is 0 Å². The molecule has 4 rings (SSSR count). The number of carbonyl (C=O) groups is 1. The standard InChI is InChI=1S/C19H12F3N5O2S/c20-19(21,22)16-8-13(15-5-2-6-30-15)24-17-9-14(26-27(16)17)18(29)25-23-10-11-3-1-4-12(28)7-11/h1-10,28H,(H,25,29)/b23-10-. The van der Waals surface area contributed by atoms with Crippen molar-refractivity contribution in [2.45, 2.75) is 6.18 Å². The molecule has 0 radical (unpaired) electrons. The summed E-state index contributed by atoms with van der Waals surface area (Å²) in [6.07, 6.45) is -3.41. The van der Waals surface area contributed by atoms with E-state index in [2.05, 4.69) is 20.6 Å². The highest BCUT2D eigenvalue weighted by Crippen LogP contribution is 2.33. The number of aromatic hydroxyl groups is 1. The van der Waals surface area contributed by atoms with Gasteiger partial charge in [0, 0.05) is 6.07 Å². The van der Waals surface area contributed by atoms with Gasteiger partial charge in [0.05, 0.1) is 16.8 Å². The van der Waals surface area contributed by atoms with Crippen molar-refractivity contribution in [3.8, 4) is 16.3 Å². The normalized spacial score (nSPS) is 12.0. The topological polar surface area (TPSA) is 91.9 Å². The highest BCUT2D eigenvalue weighted by Gasteiger charge is 2.35. The minimum Gasteiger partial charge on any atom is -0.508 e. The summed E-state index contributed by atoms with van der Waals surface area (Å²) in [6, 6.07) is 11.6. The highest BCUT2D eigenvalue weighted by molar-refractivity contribution is 7.13. The summed E-state index contributed by atoms with van der Waals surface area (Å²) in [5.41, 5.74) is 1.42. The Labute approximate surface area is 171 Å². The number of alkyl halides is 3. The summed E-state index contributed by atoms with van der Waals surface area (Å²) >= 11 is 1.25. The number of benzene rings is 1. The maximum Gasteiger partial charge on any atom is 0.433 e. The van der Waals surface area contributed by atoms with Gasteiger partial charge in [-0.2, -0.15) is 23.4 Å². The predicted molar refractivity (Wildman–Crippen MR) is 104 cm³/mol. The second kappa shape index (κ2) is 7.59. The molecule has 0 bridgehead atoms. The third-order valence-corrected chi connectivity index (χ3v) is 4.87. The first-order chi connectivity index (χ1) is 14.3. The number of halogens is 3.